The van der Waals surface area contributed by atoms with Gasteiger partial charge in [-0.1, -0.05) is 11.6 Å². The normalized spacial score (nSPS) is 10.0. The molecule has 0 N–H and O–H groups in total. The molecule has 1 rings (SSSR count). The number of esters is 1. The van der Waals surface area contributed by atoms with E-state index in [9.17, 15) is 13.6 Å². The van der Waals surface area contributed by atoms with Gasteiger partial charge in [0, 0.05) is 0 Å². The van der Waals surface area contributed by atoms with Gasteiger partial charge in [0.2, 0.25) is 0 Å². The maximum Gasteiger partial charge on any atom is 0.342 e. The molecule has 0 heterocycles. The first-order valence-electron chi connectivity index (χ1n) is 3.88. The van der Waals surface area contributed by atoms with Crippen molar-refractivity contribution in [1.29, 1.82) is 0 Å². The van der Waals surface area contributed by atoms with E-state index in [1.165, 1.54) is 0 Å². The Morgan fingerprint density at radius 1 is 1.50 bits per heavy atom. The highest BCUT2D eigenvalue weighted by molar-refractivity contribution is 6.33. The van der Waals surface area contributed by atoms with Crippen LogP contribution < -0.4 is 0 Å². The number of carbonyl (C=O) groups is 1. The van der Waals surface area contributed by atoms with E-state index in [2.05, 4.69) is 4.74 Å². The molecule has 0 aromatic heterocycles. The van der Waals surface area contributed by atoms with Crippen molar-refractivity contribution >= 4 is 17.6 Å². The fraction of sp³-hybridized carbons (Fsp3) is 0.222. The lowest BCUT2D eigenvalue weighted by Gasteiger charge is -2.05. The maximum atomic E-state index is 13.1. The van der Waals surface area contributed by atoms with Gasteiger partial charge in [0.15, 0.2) is 11.6 Å². The topological polar surface area (TPSA) is 26.3 Å². The molecule has 0 saturated heterocycles. The number of hydrogen-bond acceptors (Lipinski definition) is 2. The summed E-state index contributed by atoms with van der Waals surface area (Å²) in [5.41, 5.74) is -0.562. The summed E-state index contributed by atoms with van der Waals surface area (Å²) in [7, 11) is 0. The molecule has 0 bridgehead atoms. The van der Waals surface area contributed by atoms with Gasteiger partial charge in [-0.2, -0.15) is 0 Å². The van der Waals surface area contributed by atoms with Crippen molar-refractivity contribution in [3.8, 4) is 0 Å². The van der Waals surface area contributed by atoms with E-state index in [0.29, 0.717) is 0 Å². The summed E-state index contributed by atoms with van der Waals surface area (Å²) in [5.74, 6) is -3.37. The summed E-state index contributed by atoms with van der Waals surface area (Å²) < 4.78 is 30.3. The Labute approximate surface area is 84.4 Å². The molecule has 0 aliphatic rings. The molecule has 14 heavy (non-hydrogen) atoms. The molecular formula is C9H7ClF2O2. The van der Waals surface area contributed by atoms with Crippen molar-refractivity contribution in [3.63, 3.8) is 0 Å². The minimum Gasteiger partial charge on any atom is -0.462 e. The van der Waals surface area contributed by atoms with Gasteiger partial charge in [-0.15, -0.1) is 0 Å². The second-order valence-corrected chi connectivity index (χ2v) is 2.85. The van der Waals surface area contributed by atoms with Crippen molar-refractivity contribution < 1.29 is 18.3 Å². The number of ether oxygens (including phenoxy) is 1. The van der Waals surface area contributed by atoms with Crippen LogP contribution in [-0.2, 0) is 4.74 Å². The van der Waals surface area contributed by atoms with Crippen molar-refractivity contribution in [2.75, 3.05) is 6.61 Å². The Kier molecular flexibility index (Phi) is 3.41. The predicted octanol–water partition coefficient (Wildman–Crippen LogP) is 2.79. The summed E-state index contributed by atoms with van der Waals surface area (Å²) in [5, 5.41) is -0.164. The van der Waals surface area contributed by atoms with Crippen LogP contribution in [-0.4, -0.2) is 12.6 Å². The molecule has 0 aliphatic heterocycles. The third kappa shape index (κ3) is 2.01. The quantitative estimate of drug-likeness (QED) is 0.566. The number of halogens is 3. The van der Waals surface area contributed by atoms with Crippen LogP contribution in [0.4, 0.5) is 8.78 Å². The van der Waals surface area contributed by atoms with Crippen molar-refractivity contribution in [3.05, 3.63) is 34.4 Å². The summed E-state index contributed by atoms with van der Waals surface area (Å²) in [6.45, 7) is 1.63. The van der Waals surface area contributed by atoms with E-state index in [0.717, 1.165) is 12.1 Å². The number of rotatable bonds is 2. The average molecular weight is 221 g/mol. The molecule has 2 nitrogen and oxygen atoms in total. The zero-order chi connectivity index (χ0) is 10.7. The fourth-order valence-electron chi connectivity index (χ4n) is 0.917. The van der Waals surface area contributed by atoms with Crippen molar-refractivity contribution in [2.45, 2.75) is 6.92 Å². The molecule has 5 heteroatoms. The smallest absolute Gasteiger partial charge is 0.342 e. The molecule has 0 saturated carbocycles. The van der Waals surface area contributed by atoms with Crippen LogP contribution in [0.5, 0.6) is 0 Å². The number of carbonyl (C=O) groups excluding carboxylic acids is 1. The molecule has 0 unspecified atom stereocenters. The lowest BCUT2D eigenvalue weighted by atomic mass is 10.2. The van der Waals surface area contributed by atoms with Crippen LogP contribution in [0.1, 0.15) is 17.3 Å². The van der Waals surface area contributed by atoms with Crippen LogP contribution in [0, 0.1) is 11.6 Å². The monoisotopic (exact) mass is 220 g/mol. The minimum atomic E-state index is -1.28. The molecular weight excluding hydrogens is 214 g/mol. The van der Waals surface area contributed by atoms with Gasteiger partial charge in [0.05, 0.1) is 11.6 Å². The van der Waals surface area contributed by atoms with E-state index < -0.39 is 23.2 Å². The largest absolute Gasteiger partial charge is 0.462 e. The first-order valence-corrected chi connectivity index (χ1v) is 4.26. The Morgan fingerprint density at radius 2 is 2.14 bits per heavy atom. The molecule has 1 aromatic carbocycles. The molecule has 1 aromatic rings. The molecule has 0 radical (unpaired) electrons. The van der Waals surface area contributed by atoms with E-state index in [1.54, 1.807) is 6.92 Å². The number of hydrogen-bond donors (Lipinski definition) is 0. The van der Waals surface area contributed by atoms with Gasteiger partial charge >= 0.3 is 5.97 Å². The summed E-state index contributed by atoms with van der Waals surface area (Å²) in [6, 6.07) is 1.95. The summed E-state index contributed by atoms with van der Waals surface area (Å²) in [6.07, 6.45) is 0. The molecule has 0 amide bonds. The SMILES string of the molecule is CCOC(=O)c1c(Cl)ccc(F)c1F. The van der Waals surface area contributed by atoms with Crippen LogP contribution in [0.15, 0.2) is 12.1 Å². The van der Waals surface area contributed by atoms with Gasteiger partial charge in [-0.25, -0.2) is 13.6 Å². The lowest BCUT2D eigenvalue weighted by Crippen LogP contribution is -2.09. The first kappa shape index (κ1) is 10.9. The number of benzene rings is 1. The third-order valence-electron chi connectivity index (χ3n) is 1.52. The predicted molar refractivity (Wildman–Crippen MR) is 47.3 cm³/mol. The Balaban J connectivity index is 3.18. The van der Waals surface area contributed by atoms with E-state index in [-0.39, 0.29) is 11.6 Å². The van der Waals surface area contributed by atoms with E-state index in [1.807, 2.05) is 0 Å². The maximum absolute atomic E-state index is 13.1. The fourth-order valence-corrected chi connectivity index (χ4v) is 1.14. The molecule has 76 valence electrons. The minimum absolute atomic E-state index is 0.0745. The zero-order valence-electron chi connectivity index (χ0n) is 7.31. The van der Waals surface area contributed by atoms with Gasteiger partial charge in [-0.05, 0) is 19.1 Å². The Hall–Kier alpha value is -1.16. The second kappa shape index (κ2) is 4.37. The highest BCUT2D eigenvalue weighted by Crippen LogP contribution is 2.22. The van der Waals surface area contributed by atoms with Crippen LogP contribution in [0.2, 0.25) is 5.02 Å². The highest BCUT2D eigenvalue weighted by Gasteiger charge is 2.20. The lowest BCUT2D eigenvalue weighted by molar-refractivity contribution is 0.0520. The Bertz CT molecular complexity index is 366. The van der Waals surface area contributed by atoms with Crippen LogP contribution in [0.3, 0.4) is 0 Å². The second-order valence-electron chi connectivity index (χ2n) is 2.44. The van der Waals surface area contributed by atoms with Gasteiger partial charge in [0.1, 0.15) is 5.56 Å². The van der Waals surface area contributed by atoms with Crippen LogP contribution >= 0.6 is 11.6 Å². The van der Waals surface area contributed by atoms with Gasteiger partial charge < -0.3 is 4.74 Å². The van der Waals surface area contributed by atoms with Gasteiger partial charge in [-0.3, -0.25) is 0 Å². The standard InChI is InChI=1S/C9H7ClF2O2/c1-2-14-9(13)7-5(10)3-4-6(11)8(7)12/h3-4H,2H2,1H3. The van der Waals surface area contributed by atoms with E-state index >= 15 is 0 Å². The average Bonchev–Trinajstić information content (AvgIpc) is 2.13. The van der Waals surface area contributed by atoms with Gasteiger partial charge in [0.25, 0.3) is 0 Å². The highest BCUT2D eigenvalue weighted by atomic mass is 35.5. The summed E-state index contributed by atoms with van der Waals surface area (Å²) >= 11 is 5.52. The molecule has 0 aliphatic carbocycles. The third-order valence-corrected chi connectivity index (χ3v) is 1.84. The van der Waals surface area contributed by atoms with Crippen molar-refractivity contribution in [1.82, 2.24) is 0 Å². The van der Waals surface area contributed by atoms with E-state index in [4.69, 9.17) is 11.6 Å². The Morgan fingerprint density at radius 3 is 2.71 bits per heavy atom. The zero-order valence-corrected chi connectivity index (χ0v) is 8.07. The molecule has 0 fully saturated rings. The van der Waals surface area contributed by atoms with Crippen LogP contribution in [0.25, 0.3) is 0 Å². The van der Waals surface area contributed by atoms with Crippen molar-refractivity contribution in [2.24, 2.45) is 0 Å². The summed E-state index contributed by atoms with van der Waals surface area (Å²) in [4.78, 5) is 11.1. The molecule has 0 atom stereocenters. The molecule has 0 spiro atoms. The first-order chi connectivity index (χ1) is 6.57.